The summed E-state index contributed by atoms with van der Waals surface area (Å²) in [6.07, 6.45) is 0.641. The minimum atomic E-state index is -0.384. The standard InChI is InChI=1S/C15H20FN3O/c1-9(17)7-12-5-6-14(13(16)8-12)20-15-10(2)18-19(4)11(15)3/h5-6,8-9H,7,17H2,1-4H3. The molecule has 1 atom stereocenters. The molecule has 20 heavy (non-hydrogen) atoms. The van der Waals surface area contributed by atoms with Gasteiger partial charge in [0, 0.05) is 13.1 Å². The highest BCUT2D eigenvalue weighted by molar-refractivity contribution is 5.39. The quantitative estimate of drug-likeness (QED) is 0.935. The van der Waals surface area contributed by atoms with E-state index in [0.717, 1.165) is 17.0 Å². The molecule has 0 aliphatic carbocycles. The van der Waals surface area contributed by atoms with Gasteiger partial charge in [0.25, 0.3) is 0 Å². The molecule has 2 aromatic rings. The second kappa shape index (κ2) is 5.63. The first-order chi connectivity index (χ1) is 9.38. The number of aryl methyl sites for hydroxylation is 2. The molecule has 0 aliphatic heterocycles. The Hall–Kier alpha value is -1.88. The summed E-state index contributed by atoms with van der Waals surface area (Å²) in [5, 5.41) is 4.25. The average molecular weight is 277 g/mol. The Kier molecular flexibility index (Phi) is 4.09. The van der Waals surface area contributed by atoms with Crippen LogP contribution >= 0.6 is 0 Å². The molecule has 0 saturated carbocycles. The van der Waals surface area contributed by atoms with Crippen LogP contribution in [-0.4, -0.2) is 15.8 Å². The van der Waals surface area contributed by atoms with E-state index in [-0.39, 0.29) is 17.6 Å². The minimum Gasteiger partial charge on any atom is -0.450 e. The van der Waals surface area contributed by atoms with Crippen molar-refractivity contribution in [3.05, 3.63) is 41.0 Å². The van der Waals surface area contributed by atoms with E-state index in [0.29, 0.717) is 12.2 Å². The number of aromatic nitrogens is 2. The molecule has 0 aliphatic rings. The maximum Gasteiger partial charge on any atom is 0.171 e. The maximum absolute atomic E-state index is 14.1. The molecule has 1 aromatic carbocycles. The van der Waals surface area contributed by atoms with Crippen molar-refractivity contribution < 1.29 is 9.13 Å². The molecule has 4 nitrogen and oxygen atoms in total. The van der Waals surface area contributed by atoms with Crippen molar-refractivity contribution in [2.75, 3.05) is 0 Å². The SMILES string of the molecule is Cc1nn(C)c(C)c1Oc1ccc(CC(C)N)cc1F. The van der Waals surface area contributed by atoms with Crippen molar-refractivity contribution in [2.24, 2.45) is 12.8 Å². The van der Waals surface area contributed by atoms with Gasteiger partial charge >= 0.3 is 0 Å². The Morgan fingerprint density at radius 2 is 2.10 bits per heavy atom. The second-order valence-electron chi connectivity index (χ2n) is 5.17. The van der Waals surface area contributed by atoms with Crippen LogP contribution in [-0.2, 0) is 13.5 Å². The first-order valence-corrected chi connectivity index (χ1v) is 6.60. The van der Waals surface area contributed by atoms with E-state index in [1.165, 1.54) is 6.07 Å². The lowest BCUT2D eigenvalue weighted by atomic mass is 10.1. The third kappa shape index (κ3) is 2.99. The number of nitrogens with zero attached hydrogens (tertiary/aromatic N) is 2. The van der Waals surface area contributed by atoms with Gasteiger partial charge in [-0.2, -0.15) is 5.10 Å². The van der Waals surface area contributed by atoms with Gasteiger partial charge in [-0.1, -0.05) is 6.07 Å². The van der Waals surface area contributed by atoms with Gasteiger partial charge in [-0.05, 0) is 44.9 Å². The van der Waals surface area contributed by atoms with Gasteiger partial charge in [-0.15, -0.1) is 0 Å². The van der Waals surface area contributed by atoms with Crippen LogP contribution in [0.5, 0.6) is 11.5 Å². The van der Waals surface area contributed by atoms with Crippen LogP contribution in [0.1, 0.15) is 23.9 Å². The van der Waals surface area contributed by atoms with E-state index in [9.17, 15) is 4.39 Å². The maximum atomic E-state index is 14.1. The lowest BCUT2D eigenvalue weighted by Crippen LogP contribution is -2.17. The van der Waals surface area contributed by atoms with Crippen LogP contribution in [0, 0.1) is 19.7 Å². The van der Waals surface area contributed by atoms with Gasteiger partial charge in [0.1, 0.15) is 5.69 Å². The predicted octanol–water partition coefficient (Wildman–Crippen LogP) is 2.86. The highest BCUT2D eigenvalue weighted by atomic mass is 19.1. The first-order valence-electron chi connectivity index (χ1n) is 6.60. The number of hydrogen-bond donors (Lipinski definition) is 1. The molecule has 1 aromatic heterocycles. The van der Waals surface area contributed by atoms with Crippen molar-refractivity contribution >= 4 is 0 Å². The monoisotopic (exact) mass is 277 g/mol. The number of nitrogens with two attached hydrogens (primary N) is 1. The van der Waals surface area contributed by atoms with E-state index >= 15 is 0 Å². The number of halogens is 1. The van der Waals surface area contributed by atoms with Crippen LogP contribution in [0.25, 0.3) is 0 Å². The summed E-state index contributed by atoms with van der Waals surface area (Å²) in [6.45, 7) is 5.62. The molecule has 1 unspecified atom stereocenters. The molecular weight excluding hydrogens is 257 g/mol. The number of benzene rings is 1. The molecular formula is C15H20FN3O. The molecule has 2 N–H and O–H groups in total. The van der Waals surface area contributed by atoms with Gasteiger partial charge in [-0.3, -0.25) is 4.68 Å². The summed E-state index contributed by atoms with van der Waals surface area (Å²) < 4.78 is 21.4. The summed E-state index contributed by atoms with van der Waals surface area (Å²) >= 11 is 0. The van der Waals surface area contributed by atoms with E-state index in [1.54, 1.807) is 10.7 Å². The molecule has 0 bridgehead atoms. The van der Waals surface area contributed by atoms with Crippen molar-refractivity contribution in [1.29, 1.82) is 0 Å². The number of rotatable bonds is 4. The second-order valence-corrected chi connectivity index (χ2v) is 5.17. The number of ether oxygens (including phenoxy) is 1. The molecule has 0 amide bonds. The van der Waals surface area contributed by atoms with Crippen LogP contribution in [0.2, 0.25) is 0 Å². The lowest BCUT2D eigenvalue weighted by Gasteiger charge is -2.10. The average Bonchev–Trinajstić information content (AvgIpc) is 2.58. The fourth-order valence-corrected chi connectivity index (χ4v) is 2.14. The van der Waals surface area contributed by atoms with Crippen molar-refractivity contribution in [1.82, 2.24) is 9.78 Å². The highest BCUT2D eigenvalue weighted by Gasteiger charge is 2.14. The fourth-order valence-electron chi connectivity index (χ4n) is 2.14. The third-order valence-electron chi connectivity index (χ3n) is 3.21. The summed E-state index contributed by atoms with van der Waals surface area (Å²) in [5.74, 6) is 0.426. The predicted molar refractivity (Wildman–Crippen MR) is 76.5 cm³/mol. The summed E-state index contributed by atoms with van der Waals surface area (Å²) in [5.41, 5.74) is 8.18. The topological polar surface area (TPSA) is 53.1 Å². The molecule has 2 rings (SSSR count). The zero-order valence-electron chi connectivity index (χ0n) is 12.3. The van der Waals surface area contributed by atoms with Crippen molar-refractivity contribution in [2.45, 2.75) is 33.2 Å². The van der Waals surface area contributed by atoms with E-state index < -0.39 is 0 Å². The van der Waals surface area contributed by atoms with Crippen molar-refractivity contribution in [3.63, 3.8) is 0 Å². The Balaban J connectivity index is 2.26. The van der Waals surface area contributed by atoms with Gasteiger partial charge in [0.2, 0.25) is 0 Å². The van der Waals surface area contributed by atoms with E-state index in [4.69, 9.17) is 10.5 Å². The minimum absolute atomic E-state index is 0.00369. The normalized spacial score (nSPS) is 12.5. The Morgan fingerprint density at radius 1 is 1.40 bits per heavy atom. The molecule has 108 valence electrons. The summed E-state index contributed by atoms with van der Waals surface area (Å²) in [7, 11) is 1.83. The molecule has 0 spiro atoms. The molecule has 0 saturated heterocycles. The Morgan fingerprint density at radius 3 is 2.60 bits per heavy atom. The smallest absolute Gasteiger partial charge is 0.171 e. The molecule has 0 fully saturated rings. The molecule has 5 heteroatoms. The zero-order valence-corrected chi connectivity index (χ0v) is 12.3. The van der Waals surface area contributed by atoms with E-state index in [1.807, 2.05) is 33.9 Å². The van der Waals surface area contributed by atoms with E-state index in [2.05, 4.69) is 5.10 Å². The zero-order chi connectivity index (χ0) is 14.9. The Bertz CT molecular complexity index is 620. The van der Waals surface area contributed by atoms with Crippen LogP contribution in [0.15, 0.2) is 18.2 Å². The fraction of sp³-hybridized carbons (Fsp3) is 0.400. The summed E-state index contributed by atoms with van der Waals surface area (Å²) in [6, 6.07) is 4.95. The van der Waals surface area contributed by atoms with Gasteiger partial charge in [0.15, 0.2) is 17.3 Å². The number of hydrogen-bond acceptors (Lipinski definition) is 3. The largest absolute Gasteiger partial charge is 0.450 e. The first kappa shape index (κ1) is 14.5. The lowest BCUT2D eigenvalue weighted by molar-refractivity contribution is 0.435. The molecule has 0 radical (unpaired) electrons. The Labute approximate surface area is 118 Å². The third-order valence-corrected chi connectivity index (χ3v) is 3.21. The van der Waals surface area contributed by atoms with Crippen LogP contribution in [0.4, 0.5) is 4.39 Å². The van der Waals surface area contributed by atoms with Crippen molar-refractivity contribution in [3.8, 4) is 11.5 Å². The highest BCUT2D eigenvalue weighted by Crippen LogP contribution is 2.30. The van der Waals surface area contributed by atoms with Gasteiger partial charge in [0.05, 0.1) is 5.69 Å². The van der Waals surface area contributed by atoms with Crippen LogP contribution < -0.4 is 10.5 Å². The van der Waals surface area contributed by atoms with Gasteiger partial charge in [-0.25, -0.2) is 4.39 Å². The summed E-state index contributed by atoms with van der Waals surface area (Å²) in [4.78, 5) is 0. The van der Waals surface area contributed by atoms with Crippen LogP contribution in [0.3, 0.4) is 0 Å². The molecule has 1 heterocycles. The van der Waals surface area contributed by atoms with Gasteiger partial charge < -0.3 is 10.5 Å².